The van der Waals surface area contributed by atoms with Crippen LogP contribution in [0.2, 0.25) is 0 Å². The molecule has 1 aromatic carbocycles. The van der Waals surface area contributed by atoms with E-state index in [9.17, 15) is 0 Å². The lowest BCUT2D eigenvalue weighted by molar-refractivity contribution is 0.464. The van der Waals surface area contributed by atoms with Gasteiger partial charge in [-0.3, -0.25) is 4.68 Å². The molecule has 0 aliphatic rings. The summed E-state index contributed by atoms with van der Waals surface area (Å²) in [5.41, 5.74) is 2.76. The van der Waals surface area contributed by atoms with Crippen LogP contribution >= 0.6 is 0 Å². The minimum absolute atomic E-state index is 0.554. The summed E-state index contributed by atoms with van der Waals surface area (Å²) in [5, 5.41) is 7.94. The number of rotatable bonds is 9. The summed E-state index contributed by atoms with van der Waals surface area (Å²) in [4.78, 5) is 0. The molecule has 1 heterocycles. The highest BCUT2D eigenvalue weighted by molar-refractivity contribution is 5.14. The zero-order chi connectivity index (χ0) is 14.9. The third kappa shape index (κ3) is 5.72. The van der Waals surface area contributed by atoms with Gasteiger partial charge < -0.3 is 5.32 Å². The van der Waals surface area contributed by atoms with Crippen LogP contribution in [-0.4, -0.2) is 22.4 Å². The lowest BCUT2D eigenvalue weighted by atomic mass is 10.0. The van der Waals surface area contributed by atoms with Crippen LogP contribution in [0.15, 0.2) is 42.7 Å². The fourth-order valence-electron chi connectivity index (χ4n) is 2.68. The van der Waals surface area contributed by atoms with Crippen molar-refractivity contribution in [1.82, 2.24) is 15.1 Å². The van der Waals surface area contributed by atoms with Gasteiger partial charge in [-0.05, 0) is 49.8 Å². The van der Waals surface area contributed by atoms with Gasteiger partial charge in [0.1, 0.15) is 0 Å². The van der Waals surface area contributed by atoms with Crippen LogP contribution in [0.5, 0.6) is 0 Å². The maximum absolute atomic E-state index is 4.27. The molecular weight excluding hydrogens is 258 g/mol. The first-order chi connectivity index (χ1) is 10.3. The van der Waals surface area contributed by atoms with E-state index in [-0.39, 0.29) is 0 Å². The Morgan fingerprint density at radius 3 is 2.67 bits per heavy atom. The third-order valence-electron chi connectivity index (χ3n) is 3.78. The minimum atomic E-state index is 0.554. The standard InChI is InChI=1S/C18H27N3/c1-3-12-19-18(13-17-14-20-21(2)15-17)11-7-10-16-8-5-4-6-9-16/h4-6,8-9,14-15,18-19H,3,7,10-13H2,1-2H3. The van der Waals surface area contributed by atoms with Crippen LogP contribution in [0, 0.1) is 0 Å². The van der Waals surface area contributed by atoms with Gasteiger partial charge >= 0.3 is 0 Å². The molecule has 0 saturated heterocycles. The summed E-state index contributed by atoms with van der Waals surface area (Å²) in [6.07, 6.45) is 9.97. The van der Waals surface area contributed by atoms with Crippen molar-refractivity contribution in [3.63, 3.8) is 0 Å². The molecule has 0 aliphatic heterocycles. The van der Waals surface area contributed by atoms with E-state index in [4.69, 9.17) is 0 Å². The van der Waals surface area contributed by atoms with Gasteiger partial charge in [-0.25, -0.2) is 0 Å². The van der Waals surface area contributed by atoms with Gasteiger partial charge in [-0.15, -0.1) is 0 Å². The second kappa shape index (κ2) is 8.63. The van der Waals surface area contributed by atoms with Crippen molar-refractivity contribution >= 4 is 0 Å². The van der Waals surface area contributed by atoms with E-state index in [1.54, 1.807) is 0 Å². The van der Waals surface area contributed by atoms with Crippen molar-refractivity contribution in [1.29, 1.82) is 0 Å². The van der Waals surface area contributed by atoms with Crippen molar-refractivity contribution in [2.45, 2.75) is 45.1 Å². The van der Waals surface area contributed by atoms with E-state index in [1.807, 2.05) is 17.9 Å². The molecule has 0 aliphatic carbocycles. The summed E-state index contributed by atoms with van der Waals surface area (Å²) >= 11 is 0. The van der Waals surface area contributed by atoms with E-state index in [0.29, 0.717) is 6.04 Å². The summed E-state index contributed by atoms with van der Waals surface area (Å²) in [7, 11) is 1.98. The molecule has 2 rings (SSSR count). The maximum Gasteiger partial charge on any atom is 0.0522 e. The number of aromatic nitrogens is 2. The SMILES string of the molecule is CCCNC(CCCc1ccccc1)Cc1cnn(C)c1. The summed E-state index contributed by atoms with van der Waals surface area (Å²) < 4.78 is 1.89. The molecule has 1 aromatic heterocycles. The smallest absolute Gasteiger partial charge is 0.0522 e. The highest BCUT2D eigenvalue weighted by atomic mass is 15.2. The largest absolute Gasteiger partial charge is 0.314 e. The second-order valence-electron chi connectivity index (χ2n) is 5.76. The van der Waals surface area contributed by atoms with E-state index < -0.39 is 0 Å². The Morgan fingerprint density at radius 2 is 2.00 bits per heavy atom. The van der Waals surface area contributed by atoms with Crippen molar-refractivity contribution in [2.24, 2.45) is 7.05 Å². The number of hydrogen-bond donors (Lipinski definition) is 1. The number of aryl methyl sites for hydroxylation is 2. The molecule has 0 amide bonds. The van der Waals surface area contributed by atoms with Gasteiger partial charge in [0.2, 0.25) is 0 Å². The van der Waals surface area contributed by atoms with Gasteiger partial charge in [0.25, 0.3) is 0 Å². The Kier molecular flexibility index (Phi) is 6.48. The van der Waals surface area contributed by atoms with Crippen LogP contribution in [0.3, 0.4) is 0 Å². The van der Waals surface area contributed by atoms with E-state index >= 15 is 0 Å². The minimum Gasteiger partial charge on any atom is -0.314 e. The second-order valence-corrected chi connectivity index (χ2v) is 5.76. The molecule has 3 heteroatoms. The molecule has 0 radical (unpaired) electrons. The predicted octanol–water partition coefficient (Wildman–Crippen LogP) is 3.35. The quantitative estimate of drug-likeness (QED) is 0.765. The Hall–Kier alpha value is -1.61. The normalized spacial score (nSPS) is 12.5. The van der Waals surface area contributed by atoms with Crippen LogP contribution in [0.4, 0.5) is 0 Å². The van der Waals surface area contributed by atoms with Crippen LogP contribution in [-0.2, 0) is 19.9 Å². The van der Waals surface area contributed by atoms with E-state index in [1.165, 1.54) is 30.4 Å². The molecule has 1 N–H and O–H groups in total. The first kappa shape index (κ1) is 15.8. The molecule has 3 nitrogen and oxygen atoms in total. The number of nitrogens with zero attached hydrogens (tertiary/aromatic N) is 2. The van der Waals surface area contributed by atoms with Crippen LogP contribution in [0.25, 0.3) is 0 Å². The van der Waals surface area contributed by atoms with Gasteiger partial charge in [0.05, 0.1) is 6.20 Å². The first-order valence-electron chi connectivity index (χ1n) is 8.02. The molecule has 0 bridgehead atoms. The van der Waals surface area contributed by atoms with Crippen molar-refractivity contribution in [3.8, 4) is 0 Å². The third-order valence-corrected chi connectivity index (χ3v) is 3.78. The fourth-order valence-corrected chi connectivity index (χ4v) is 2.68. The average Bonchev–Trinajstić information content (AvgIpc) is 2.91. The molecule has 1 unspecified atom stereocenters. The molecule has 114 valence electrons. The van der Waals surface area contributed by atoms with Crippen molar-refractivity contribution < 1.29 is 0 Å². The summed E-state index contributed by atoms with van der Waals surface area (Å²) in [6, 6.07) is 11.3. The van der Waals surface area contributed by atoms with Gasteiger partial charge in [-0.1, -0.05) is 37.3 Å². The molecule has 0 saturated carbocycles. The molecule has 21 heavy (non-hydrogen) atoms. The van der Waals surface area contributed by atoms with Crippen molar-refractivity contribution in [2.75, 3.05) is 6.54 Å². The number of benzene rings is 1. The first-order valence-corrected chi connectivity index (χ1v) is 8.02. The molecule has 2 aromatic rings. The summed E-state index contributed by atoms with van der Waals surface area (Å²) in [6.45, 7) is 3.31. The topological polar surface area (TPSA) is 29.9 Å². The van der Waals surface area contributed by atoms with Crippen molar-refractivity contribution in [3.05, 3.63) is 53.9 Å². The zero-order valence-electron chi connectivity index (χ0n) is 13.3. The Balaban J connectivity index is 1.81. The highest BCUT2D eigenvalue weighted by Gasteiger charge is 2.10. The van der Waals surface area contributed by atoms with E-state index in [0.717, 1.165) is 19.4 Å². The van der Waals surface area contributed by atoms with Gasteiger partial charge in [0.15, 0.2) is 0 Å². The summed E-state index contributed by atoms with van der Waals surface area (Å²) in [5.74, 6) is 0. The molecule has 1 atom stereocenters. The predicted molar refractivity (Wildman–Crippen MR) is 88.4 cm³/mol. The Labute approximate surface area is 128 Å². The maximum atomic E-state index is 4.27. The number of hydrogen-bond acceptors (Lipinski definition) is 2. The monoisotopic (exact) mass is 285 g/mol. The van der Waals surface area contributed by atoms with Gasteiger partial charge in [-0.2, -0.15) is 5.10 Å². The molecule has 0 spiro atoms. The number of nitrogens with one attached hydrogen (secondary N) is 1. The zero-order valence-corrected chi connectivity index (χ0v) is 13.3. The lowest BCUT2D eigenvalue weighted by Crippen LogP contribution is -2.31. The molecular formula is C18H27N3. The Morgan fingerprint density at radius 1 is 1.19 bits per heavy atom. The fraction of sp³-hybridized carbons (Fsp3) is 0.500. The van der Waals surface area contributed by atoms with Crippen LogP contribution in [0.1, 0.15) is 37.3 Å². The van der Waals surface area contributed by atoms with E-state index in [2.05, 4.69) is 53.9 Å². The lowest BCUT2D eigenvalue weighted by Gasteiger charge is -2.17. The average molecular weight is 285 g/mol. The Bertz CT molecular complexity index is 504. The van der Waals surface area contributed by atoms with Gasteiger partial charge in [0, 0.05) is 19.3 Å². The highest BCUT2D eigenvalue weighted by Crippen LogP contribution is 2.10. The molecule has 0 fully saturated rings. The van der Waals surface area contributed by atoms with Crippen LogP contribution < -0.4 is 5.32 Å².